The highest BCUT2D eigenvalue weighted by Gasteiger charge is 2.40. The number of hydrogen-bond acceptors (Lipinski definition) is 2. The molecule has 3 heteroatoms. The maximum Gasteiger partial charge on any atom is 0.227 e. The highest BCUT2D eigenvalue weighted by atomic mass is 16.2. The third-order valence-corrected chi connectivity index (χ3v) is 4.32. The molecule has 0 unspecified atom stereocenters. The van der Waals surface area contributed by atoms with Crippen LogP contribution in [0.1, 0.15) is 49.8 Å². The fourth-order valence-corrected chi connectivity index (χ4v) is 2.95. The molecule has 1 aliphatic rings. The van der Waals surface area contributed by atoms with Crippen LogP contribution in [0.4, 0.5) is 0 Å². The summed E-state index contributed by atoms with van der Waals surface area (Å²) in [7, 11) is 0. The van der Waals surface area contributed by atoms with E-state index in [1.807, 2.05) is 13.0 Å². The molecule has 1 aromatic rings. The number of nitrogens with two attached hydrogens (primary N) is 1. The van der Waals surface area contributed by atoms with Gasteiger partial charge < -0.3 is 11.1 Å². The van der Waals surface area contributed by atoms with Crippen molar-refractivity contribution in [2.45, 2.75) is 45.6 Å². The number of rotatable bonds is 4. The molecule has 19 heavy (non-hydrogen) atoms. The lowest BCUT2D eigenvalue weighted by atomic mass is 9.85. The minimum absolute atomic E-state index is 0.0384. The lowest BCUT2D eigenvalue weighted by Crippen LogP contribution is -2.44. The first-order valence-corrected chi connectivity index (χ1v) is 7.15. The number of aryl methyl sites for hydroxylation is 1. The van der Waals surface area contributed by atoms with E-state index >= 15 is 0 Å². The van der Waals surface area contributed by atoms with Crippen LogP contribution in [0.25, 0.3) is 0 Å². The number of hydrogen-bond donors (Lipinski definition) is 2. The zero-order chi connectivity index (χ0) is 13.9. The third-order valence-electron chi connectivity index (χ3n) is 4.32. The van der Waals surface area contributed by atoms with Crippen molar-refractivity contribution in [3.05, 3.63) is 35.4 Å². The van der Waals surface area contributed by atoms with Gasteiger partial charge in [-0.25, -0.2) is 0 Å². The van der Waals surface area contributed by atoms with Crippen molar-refractivity contribution in [3.8, 4) is 0 Å². The first-order chi connectivity index (χ1) is 9.07. The van der Waals surface area contributed by atoms with Crippen molar-refractivity contribution in [2.75, 3.05) is 6.54 Å². The normalized spacial score (nSPS) is 19.1. The molecular formula is C16H24N2O. The number of carbonyl (C=O) groups excluding carboxylic acids is 1. The molecule has 1 aromatic carbocycles. The van der Waals surface area contributed by atoms with E-state index in [4.69, 9.17) is 5.73 Å². The summed E-state index contributed by atoms with van der Waals surface area (Å²) in [6.07, 6.45) is 4.08. The average molecular weight is 260 g/mol. The molecule has 3 nitrogen and oxygen atoms in total. The molecule has 1 amide bonds. The fraction of sp³-hybridized carbons (Fsp3) is 0.562. The molecule has 2 rings (SSSR count). The van der Waals surface area contributed by atoms with Gasteiger partial charge >= 0.3 is 0 Å². The van der Waals surface area contributed by atoms with Crippen LogP contribution in [0.15, 0.2) is 24.3 Å². The number of nitrogens with one attached hydrogen (secondary N) is 1. The Morgan fingerprint density at radius 1 is 1.42 bits per heavy atom. The Hall–Kier alpha value is -1.35. The average Bonchev–Trinajstić information content (AvgIpc) is 2.88. The lowest BCUT2D eigenvalue weighted by molar-refractivity contribution is -0.131. The van der Waals surface area contributed by atoms with Crippen LogP contribution in [0, 0.1) is 12.3 Å². The van der Waals surface area contributed by atoms with Crippen LogP contribution in [-0.2, 0) is 4.79 Å². The number of carbonyl (C=O) groups is 1. The maximum absolute atomic E-state index is 12.5. The number of benzene rings is 1. The van der Waals surface area contributed by atoms with E-state index in [1.54, 1.807) is 0 Å². The predicted octanol–water partition coefficient (Wildman–Crippen LogP) is 2.69. The van der Waals surface area contributed by atoms with E-state index in [9.17, 15) is 4.79 Å². The first kappa shape index (κ1) is 14.1. The molecule has 104 valence electrons. The lowest BCUT2D eigenvalue weighted by Gasteiger charge is -2.28. The topological polar surface area (TPSA) is 55.1 Å². The summed E-state index contributed by atoms with van der Waals surface area (Å²) < 4.78 is 0. The molecule has 0 aliphatic heterocycles. The molecule has 1 fully saturated rings. The molecule has 3 N–H and O–H groups in total. The summed E-state index contributed by atoms with van der Waals surface area (Å²) in [5.41, 5.74) is 7.89. The van der Waals surface area contributed by atoms with E-state index in [1.165, 1.54) is 5.56 Å². The minimum atomic E-state index is -0.321. The Balaban J connectivity index is 2.06. The molecule has 0 radical (unpaired) electrons. The number of amides is 1. The largest absolute Gasteiger partial charge is 0.349 e. The Bertz CT molecular complexity index is 450. The van der Waals surface area contributed by atoms with Crippen LogP contribution in [-0.4, -0.2) is 12.5 Å². The van der Waals surface area contributed by atoms with E-state index < -0.39 is 0 Å². The van der Waals surface area contributed by atoms with Crippen LogP contribution in [0.3, 0.4) is 0 Å². The summed E-state index contributed by atoms with van der Waals surface area (Å²) in [5, 5.41) is 3.14. The van der Waals surface area contributed by atoms with E-state index in [2.05, 4.69) is 30.4 Å². The van der Waals surface area contributed by atoms with E-state index in [0.717, 1.165) is 31.2 Å². The van der Waals surface area contributed by atoms with Gasteiger partial charge in [-0.1, -0.05) is 42.7 Å². The van der Waals surface area contributed by atoms with E-state index in [-0.39, 0.29) is 17.4 Å². The summed E-state index contributed by atoms with van der Waals surface area (Å²) in [6.45, 7) is 4.56. The minimum Gasteiger partial charge on any atom is -0.349 e. The smallest absolute Gasteiger partial charge is 0.227 e. The Labute approximate surface area is 115 Å². The van der Waals surface area contributed by atoms with Crippen LogP contribution in [0.5, 0.6) is 0 Å². The monoisotopic (exact) mass is 260 g/mol. The van der Waals surface area contributed by atoms with Gasteiger partial charge in [0.1, 0.15) is 0 Å². The summed E-state index contributed by atoms with van der Waals surface area (Å²) >= 11 is 0. The van der Waals surface area contributed by atoms with Gasteiger partial charge in [0.05, 0.1) is 11.5 Å². The molecule has 0 aromatic heterocycles. The zero-order valence-corrected chi connectivity index (χ0v) is 11.9. The quantitative estimate of drug-likeness (QED) is 0.874. The Morgan fingerprint density at radius 2 is 2.11 bits per heavy atom. The second kappa shape index (κ2) is 5.74. The predicted molar refractivity (Wildman–Crippen MR) is 77.7 cm³/mol. The van der Waals surface area contributed by atoms with Crippen molar-refractivity contribution in [3.63, 3.8) is 0 Å². The van der Waals surface area contributed by atoms with Gasteiger partial charge in [-0.3, -0.25) is 4.79 Å². The highest BCUT2D eigenvalue weighted by Crippen LogP contribution is 2.37. The van der Waals surface area contributed by atoms with Crippen molar-refractivity contribution in [2.24, 2.45) is 11.1 Å². The van der Waals surface area contributed by atoms with Crippen molar-refractivity contribution in [1.82, 2.24) is 5.32 Å². The molecule has 1 saturated carbocycles. The van der Waals surface area contributed by atoms with Crippen molar-refractivity contribution < 1.29 is 4.79 Å². The van der Waals surface area contributed by atoms with Gasteiger partial charge in [0, 0.05) is 6.54 Å². The molecule has 0 bridgehead atoms. The highest BCUT2D eigenvalue weighted by molar-refractivity contribution is 5.83. The Morgan fingerprint density at radius 3 is 2.68 bits per heavy atom. The zero-order valence-electron chi connectivity index (χ0n) is 11.9. The second-order valence-electron chi connectivity index (χ2n) is 5.80. The van der Waals surface area contributed by atoms with Crippen LogP contribution >= 0.6 is 0 Å². The van der Waals surface area contributed by atoms with Gasteiger partial charge in [0.25, 0.3) is 0 Å². The summed E-state index contributed by atoms with van der Waals surface area (Å²) in [4.78, 5) is 12.5. The molecule has 0 spiro atoms. The SMILES string of the molecule is Cc1cccc([C@@H](C)NC(=O)C2(CN)CCCC2)c1. The second-order valence-corrected chi connectivity index (χ2v) is 5.80. The molecule has 0 saturated heterocycles. The molecular weight excluding hydrogens is 236 g/mol. The molecule has 1 aliphatic carbocycles. The third kappa shape index (κ3) is 2.98. The van der Waals surface area contributed by atoms with Gasteiger partial charge in [-0.15, -0.1) is 0 Å². The summed E-state index contributed by atoms with van der Waals surface area (Å²) in [5.74, 6) is 0.126. The summed E-state index contributed by atoms with van der Waals surface area (Å²) in [6, 6.07) is 8.31. The molecule has 0 heterocycles. The van der Waals surface area contributed by atoms with Crippen molar-refractivity contribution >= 4 is 5.91 Å². The van der Waals surface area contributed by atoms with Crippen LogP contribution in [0.2, 0.25) is 0 Å². The first-order valence-electron chi connectivity index (χ1n) is 7.15. The van der Waals surface area contributed by atoms with Gasteiger partial charge in [0.2, 0.25) is 5.91 Å². The maximum atomic E-state index is 12.5. The Kier molecular flexibility index (Phi) is 4.25. The fourth-order valence-electron chi connectivity index (χ4n) is 2.95. The van der Waals surface area contributed by atoms with Gasteiger partial charge in [-0.2, -0.15) is 0 Å². The van der Waals surface area contributed by atoms with Gasteiger partial charge in [-0.05, 0) is 32.3 Å². The van der Waals surface area contributed by atoms with E-state index in [0.29, 0.717) is 6.54 Å². The standard InChI is InChI=1S/C16H24N2O/c1-12-6-5-7-14(10-12)13(2)18-15(19)16(11-17)8-3-4-9-16/h5-7,10,13H,3-4,8-9,11,17H2,1-2H3,(H,18,19)/t13-/m1/s1. The van der Waals surface area contributed by atoms with Gasteiger partial charge in [0.15, 0.2) is 0 Å². The van der Waals surface area contributed by atoms with Crippen LogP contribution < -0.4 is 11.1 Å². The molecule has 1 atom stereocenters. The van der Waals surface area contributed by atoms with Crippen molar-refractivity contribution in [1.29, 1.82) is 0 Å².